The highest BCUT2D eigenvalue weighted by molar-refractivity contribution is 5.76. The van der Waals surface area contributed by atoms with Gasteiger partial charge in [-0.3, -0.25) is 4.79 Å². The Morgan fingerprint density at radius 3 is 2.33 bits per heavy atom. The molecule has 10 heteroatoms. The largest absolute Gasteiger partial charge is 0.463 e. The number of hydrogen-bond donors (Lipinski definition) is 6. The molecule has 3 aromatic rings. The van der Waals surface area contributed by atoms with Crippen LogP contribution in [0.1, 0.15) is 83.3 Å². The molecule has 0 unspecified atom stereocenters. The second-order valence-corrected chi connectivity index (χ2v) is 14.0. The normalized spacial score (nSPS) is 18.9. The van der Waals surface area contributed by atoms with Crippen LogP contribution in [0.15, 0.2) is 53.6 Å². The summed E-state index contributed by atoms with van der Waals surface area (Å²) in [6.07, 6.45) is 15.9. The predicted octanol–water partition coefficient (Wildman–Crippen LogP) is 5.19. The number of ether oxygens (including phenoxy) is 1. The molecule has 10 nitrogen and oxygen atoms in total. The summed E-state index contributed by atoms with van der Waals surface area (Å²) in [5, 5.41) is 23.9. The van der Waals surface area contributed by atoms with Crippen molar-refractivity contribution in [3.05, 3.63) is 120 Å². The summed E-state index contributed by atoms with van der Waals surface area (Å²) in [6, 6.07) is 0. The highest BCUT2D eigenvalue weighted by Gasteiger charge is 2.47. The lowest BCUT2D eigenvalue weighted by atomic mass is 9.66. The minimum Gasteiger partial charge on any atom is -0.463 e. The molecule has 0 saturated carbocycles. The summed E-state index contributed by atoms with van der Waals surface area (Å²) < 4.78 is 5.20. The van der Waals surface area contributed by atoms with E-state index in [-0.39, 0.29) is 50.2 Å². The Bertz CT molecular complexity index is 2190. The zero-order valence-electron chi connectivity index (χ0n) is 31.0. The van der Waals surface area contributed by atoms with E-state index in [1.807, 2.05) is 6.08 Å². The van der Waals surface area contributed by atoms with E-state index in [9.17, 15) is 9.90 Å². The quantitative estimate of drug-likeness (QED) is 0.0500. The van der Waals surface area contributed by atoms with Crippen LogP contribution in [0.5, 0.6) is 0 Å². The number of carbonyl (C=O) groups excluding carboxylic acids is 1. The number of H-pyrrole nitrogens is 3. The zero-order valence-corrected chi connectivity index (χ0v) is 31.0. The molecular formula is C42H50N4O6. The van der Waals surface area contributed by atoms with Crippen molar-refractivity contribution >= 4 is 36.3 Å². The third kappa shape index (κ3) is 6.69. The molecule has 3 aliphatic rings. The number of aliphatic hydroxyl groups is 2. The number of hydrogen-bond acceptors (Lipinski definition) is 7. The molecule has 0 radical (unpaired) electrons. The first-order chi connectivity index (χ1) is 24.9. The standard InChI is InChI=1S/C42H50N4O6/c1-9-29-25(4)34-20-39-32-12-10-23(2)28(7)42(32,8)40(46-39)22-35-27(6)31(18-24(3)52-51-17-15-48)38(45-35)21-37-30(11-13-41(49)50-16-14-47)26(5)33(44-37)19-36(29)43-34/h9-10,12,19-22,28,43-48H,1,3,11,13-18H2,2,4-8H3/t28-,42-/m1/s1. The number of rotatable bonds is 12. The Kier molecular flexibility index (Phi) is 10.5. The van der Waals surface area contributed by atoms with Crippen LogP contribution in [0.25, 0.3) is 30.4 Å². The van der Waals surface area contributed by atoms with Crippen molar-refractivity contribution in [3.8, 4) is 0 Å². The first kappa shape index (κ1) is 36.8. The van der Waals surface area contributed by atoms with Crippen molar-refractivity contribution in [3.63, 3.8) is 0 Å². The van der Waals surface area contributed by atoms with Crippen LogP contribution < -0.4 is 16.0 Å². The number of esters is 1. The van der Waals surface area contributed by atoms with E-state index in [1.165, 1.54) is 11.1 Å². The maximum atomic E-state index is 12.6. The van der Waals surface area contributed by atoms with E-state index in [2.05, 4.69) is 111 Å². The number of allylic oxidation sites excluding steroid dienone is 6. The van der Waals surface area contributed by atoms with Crippen molar-refractivity contribution in [1.82, 2.24) is 20.3 Å². The number of aromatic amines is 3. The fourth-order valence-corrected chi connectivity index (χ4v) is 7.65. The van der Waals surface area contributed by atoms with Gasteiger partial charge in [0, 0.05) is 68.7 Å². The molecule has 0 spiro atoms. The van der Waals surface area contributed by atoms with Gasteiger partial charge in [-0.2, -0.15) is 4.89 Å². The molecule has 274 valence electrons. The third-order valence-electron chi connectivity index (χ3n) is 11.0. The van der Waals surface area contributed by atoms with Crippen LogP contribution in [0.2, 0.25) is 0 Å². The molecule has 5 heterocycles. The van der Waals surface area contributed by atoms with Gasteiger partial charge in [-0.1, -0.05) is 43.9 Å². The minimum atomic E-state index is -0.371. The Morgan fingerprint density at radius 2 is 1.60 bits per heavy atom. The van der Waals surface area contributed by atoms with E-state index in [0.29, 0.717) is 18.6 Å². The van der Waals surface area contributed by atoms with E-state index < -0.39 is 0 Å². The number of fused-ring (bicyclic) bond motifs is 11. The van der Waals surface area contributed by atoms with Gasteiger partial charge >= 0.3 is 5.97 Å². The van der Waals surface area contributed by atoms with Crippen molar-refractivity contribution < 1.29 is 29.5 Å². The topological polar surface area (TPSA) is 145 Å². The van der Waals surface area contributed by atoms with Crippen LogP contribution in [-0.4, -0.2) is 57.6 Å². The van der Waals surface area contributed by atoms with E-state index >= 15 is 0 Å². The lowest BCUT2D eigenvalue weighted by Gasteiger charge is -2.36. The average Bonchev–Trinajstić information content (AvgIpc) is 3.77. The lowest BCUT2D eigenvalue weighted by Crippen LogP contribution is -2.30. The van der Waals surface area contributed by atoms with Gasteiger partial charge in [0.1, 0.15) is 19.0 Å². The smallest absolute Gasteiger partial charge is 0.306 e. The summed E-state index contributed by atoms with van der Waals surface area (Å²) in [6.45, 7) is 20.9. The highest BCUT2D eigenvalue weighted by Crippen LogP contribution is 2.54. The predicted molar refractivity (Wildman–Crippen MR) is 205 cm³/mol. The van der Waals surface area contributed by atoms with Crippen molar-refractivity contribution in [2.45, 2.75) is 60.8 Å². The van der Waals surface area contributed by atoms with Crippen LogP contribution in [0.4, 0.5) is 0 Å². The van der Waals surface area contributed by atoms with Gasteiger partial charge in [-0.25, -0.2) is 0 Å². The van der Waals surface area contributed by atoms with Gasteiger partial charge in [-0.15, -0.1) is 0 Å². The Morgan fingerprint density at radius 1 is 0.885 bits per heavy atom. The number of nitrogens with one attached hydrogen (secondary N) is 4. The Balaban J connectivity index is 1.62. The summed E-state index contributed by atoms with van der Waals surface area (Å²) in [4.78, 5) is 34.2. The number of aliphatic hydroxyl groups excluding tert-OH is 2. The van der Waals surface area contributed by atoms with Gasteiger partial charge < -0.3 is 40.1 Å². The SMILES string of the molecule is C=Cc1c2[nH]c(c1C)C=C1NC(=Cc3[nH]c(c(CC(=C)OOCCO)c3C)C=c3[nH]c(c(C)c3CCC(=O)OCCO)=C2)[C@@]2(C)C1=CC=C(C)[C@H]2C. The van der Waals surface area contributed by atoms with Crippen LogP contribution in [-0.2, 0) is 32.1 Å². The highest BCUT2D eigenvalue weighted by atomic mass is 17.2. The molecule has 6 rings (SSSR count). The second kappa shape index (κ2) is 14.9. The van der Waals surface area contributed by atoms with E-state index in [4.69, 9.17) is 19.6 Å². The van der Waals surface area contributed by atoms with Crippen molar-refractivity contribution in [2.24, 2.45) is 11.3 Å². The molecule has 2 atom stereocenters. The van der Waals surface area contributed by atoms with Gasteiger partial charge in [0.25, 0.3) is 0 Å². The molecule has 1 aliphatic carbocycles. The minimum absolute atomic E-state index is 0.0316. The monoisotopic (exact) mass is 706 g/mol. The molecule has 0 amide bonds. The molecule has 1 fully saturated rings. The average molecular weight is 707 g/mol. The summed E-state index contributed by atoms with van der Waals surface area (Å²) in [5.41, 5.74) is 14.1. The maximum Gasteiger partial charge on any atom is 0.306 e. The molecule has 8 bridgehead atoms. The van der Waals surface area contributed by atoms with E-state index in [0.717, 1.165) is 78.2 Å². The first-order valence-corrected chi connectivity index (χ1v) is 17.8. The second-order valence-electron chi connectivity index (χ2n) is 14.0. The number of carbonyl (C=O) groups is 1. The first-order valence-electron chi connectivity index (χ1n) is 17.8. The molecule has 6 N–H and O–H groups in total. The Labute approximate surface area is 304 Å². The molecule has 3 aromatic heterocycles. The molecular weight excluding hydrogens is 656 g/mol. The van der Waals surface area contributed by atoms with Crippen molar-refractivity contribution in [1.29, 1.82) is 0 Å². The van der Waals surface area contributed by atoms with Gasteiger partial charge in [0.15, 0.2) is 0 Å². The summed E-state index contributed by atoms with van der Waals surface area (Å²) >= 11 is 0. The lowest BCUT2D eigenvalue weighted by molar-refractivity contribution is -0.266. The zero-order chi connectivity index (χ0) is 37.3. The molecule has 2 aliphatic heterocycles. The van der Waals surface area contributed by atoms with E-state index in [1.54, 1.807) is 0 Å². The van der Waals surface area contributed by atoms with Crippen LogP contribution in [0.3, 0.4) is 0 Å². The fraction of sp³-hybridized carbons (Fsp3) is 0.357. The van der Waals surface area contributed by atoms with Crippen molar-refractivity contribution in [2.75, 3.05) is 26.4 Å². The summed E-state index contributed by atoms with van der Waals surface area (Å²) in [5.74, 6) is 0.265. The third-order valence-corrected chi connectivity index (χ3v) is 11.0. The van der Waals surface area contributed by atoms with Gasteiger partial charge in [0.05, 0.1) is 13.2 Å². The molecule has 0 aromatic carbocycles. The fourth-order valence-electron chi connectivity index (χ4n) is 7.65. The van der Waals surface area contributed by atoms with Crippen LogP contribution >= 0.6 is 0 Å². The summed E-state index contributed by atoms with van der Waals surface area (Å²) in [7, 11) is 0. The molecule has 1 saturated heterocycles. The van der Waals surface area contributed by atoms with Gasteiger partial charge in [-0.05, 0) is 105 Å². The Hall–Kier alpha value is -5.03. The number of aromatic nitrogens is 3. The molecule has 52 heavy (non-hydrogen) atoms. The van der Waals surface area contributed by atoms with Gasteiger partial charge in [0.2, 0.25) is 0 Å². The van der Waals surface area contributed by atoms with Crippen LogP contribution in [0, 0.1) is 32.1 Å². The maximum absolute atomic E-state index is 12.6.